The molecule has 0 aromatic carbocycles. The smallest absolute Gasteiger partial charge is 0.306 e. The summed E-state index contributed by atoms with van der Waals surface area (Å²) < 4.78 is 17.5. The Bertz CT molecular complexity index is 1200. The van der Waals surface area contributed by atoms with Crippen molar-refractivity contribution in [3.05, 3.63) is 60.8 Å². The van der Waals surface area contributed by atoms with Crippen LogP contribution < -0.4 is 0 Å². The van der Waals surface area contributed by atoms with E-state index in [0.29, 0.717) is 19.4 Å². The van der Waals surface area contributed by atoms with Crippen molar-refractivity contribution in [1.29, 1.82) is 0 Å². The van der Waals surface area contributed by atoms with Gasteiger partial charge in [-0.1, -0.05) is 281 Å². The molecular formula is C65H118O5. The molecule has 70 heavy (non-hydrogen) atoms. The topological polar surface area (TPSA) is 61.8 Å². The maximum Gasteiger partial charge on any atom is 0.306 e. The molecule has 1 atom stereocenters. The van der Waals surface area contributed by atoms with Gasteiger partial charge >= 0.3 is 11.9 Å². The Labute approximate surface area is 436 Å². The van der Waals surface area contributed by atoms with Crippen LogP contribution in [-0.4, -0.2) is 37.9 Å². The highest BCUT2D eigenvalue weighted by atomic mass is 16.6. The second-order valence-corrected chi connectivity index (χ2v) is 20.6. The third kappa shape index (κ3) is 58.2. The molecule has 5 heteroatoms. The van der Waals surface area contributed by atoms with Gasteiger partial charge in [-0.25, -0.2) is 0 Å². The van der Waals surface area contributed by atoms with Crippen LogP contribution in [0.4, 0.5) is 0 Å². The zero-order valence-corrected chi connectivity index (χ0v) is 47.0. The summed E-state index contributed by atoms with van der Waals surface area (Å²) in [4.78, 5) is 25.6. The van der Waals surface area contributed by atoms with Gasteiger partial charge in [0.25, 0.3) is 0 Å². The molecule has 0 aliphatic heterocycles. The number of carbonyl (C=O) groups excluding carboxylic acids is 2. The quantitative estimate of drug-likeness (QED) is 0.0345. The molecule has 0 aliphatic rings. The first-order chi connectivity index (χ1) is 34.6. The van der Waals surface area contributed by atoms with Gasteiger partial charge in [0.2, 0.25) is 0 Å². The molecule has 0 heterocycles. The van der Waals surface area contributed by atoms with Crippen LogP contribution in [0.1, 0.15) is 316 Å². The van der Waals surface area contributed by atoms with E-state index >= 15 is 0 Å². The Hall–Kier alpha value is -2.40. The van der Waals surface area contributed by atoms with Crippen LogP contribution in [0.15, 0.2) is 60.8 Å². The second kappa shape index (κ2) is 60.9. The summed E-state index contributed by atoms with van der Waals surface area (Å²) in [5.41, 5.74) is 0. The van der Waals surface area contributed by atoms with Crippen molar-refractivity contribution in [3.8, 4) is 0 Å². The highest BCUT2D eigenvalue weighted by Crippen LogP contribution is 2.16. The molecule has 0 aromatic rings. The van der Waals surface area contributed by atoms with Crippen LogP contribution in [0.5, 0.6) is 0 Å². The van der Waals surface area contributed by atoms with Gasteiger partial charge in [-0.15, -0.1) is 0 Å². The molecule has 0 fully saturated rings. The van der Waals surface area contributed by atoms with Crippen molar-refractivity contribution >= 4 is 11.9 Å². The van der Waals surface area contributed by atoms with E-state index < -0.39 is 6.10 Å². The molecule has 0 radical (unpaired) electrons. The van der Waals surface area contributed by atoms with E-state index in [4.69, 9.17) is 14.2 Å². The van der Waals surface area contributed by atoms with Crippen molar-refractivity contribution in [2.75, 3.05) is 19.8 Å². The standard InChI is InChI=1S/C65H118O5/c1-4-7-10-13-16-19-22-25-28-31-32-33-34-36-38-41-44-47-50-53-56-59-65(67)70-63(61-68-60-57-54-51-48-45-42-39-30-27-24-21-18-15-12-9-6-3)62-69-64(66)58-55-52-49-46-43-40-37-35-29-26-23-20-17-14-11-8-5-2/h17,20,25-26,28-29,37,40,46,49,63H,4-16,18-19,21-24,27,30-36,38-39,41-45,47-48,50-62H2,1-3H3/b20-17-,28-25-,29-26-,40-37-,49-46-/t63-/m1/s1. The third-order valence-corrected chi connectivity index (χ3v) is 13.5. The molecule has 0 aliphatic carbocycles. The molecule has 408 valence electrons. The summed E-state index contributed by atoms with van der Waals surface area (Å²) in [5.74, 6) is -0.447. The molecule has 0 saturated heterocycles. The Morgan fingerprint density at radius 3 is 1.04 bits per heavy atom. The van der Waals surface area contributed by atoms with Gasteiger partial charge in [0, 0.05) is 19.4 Å². The van der Waals surface area contributed by atoms with Gasteiger partial charge < -0.3 is 14.2 Å². The van der Waals surface area contributed by atoms with Gasteiger partial charge in [-0.3, -0.25) is 9.59 Å². The molecule has 0 aromatic heterocycles. The predicted octanol–water partition coefficient (Wildman–Crippen LogP) is 21.2. The first kappa shape index (κ1) is 67.6. The van der Waals surface area contributed by atoms with Crippen molar-refractivity contribution in [3.63, 3.8) is 0 Å². The molecule has 0 saturated carbocycles. The molecule has 5 nitrogen and oxygen atoms in total. The van der Waals surface area contributed by atoms with E-state index in [1.807, 2.05) is 0 Å². The molecule has 0 bridgehead atoms. The molecule has 0 unspecified atom stereocenters. The zero-order chi connectivity index (χ0) is 50.6. The number of hydrogen-bond donors (Lipinski definition) is 0. The Morgan fingerprint density at radius 1 is 0.314 bits per heavy atom. The Morgan fingerprint density at radius 2 is 0.614 bits per heavy atom. The minimum Gasteiger partial charge on any atom is -0.462 e. The normalized spacial score (nSPS) is 12.6. The van der Waals surface area contributed by atoms with Gasteiger partial charge in [-0.05, 0) is 83.5 Å². The van der Waals surface area contributed by atoms with Crippen molar-refractivity contribution in [2.24, 2.45) is 0 Å². The van der Waals surface area contributed by atoms with Gasteiger partial charge in [-0.2, -0.15) is 0 Å². The molecular weight excluding hydrogens is 861 g/mol. The fraction of sp³-hybridized carbons (Fsp3) is 0.815. The maximum absolute atomic E-state index is 12.9. The SMILES string of the molecule is CCCCC/C=C\C/C=C\C/C=C\C/C=C\CCCC(=O)OC[C@@H](COCCCCCCCCCCCCCCCCCC)OC(=O)CCCCCCCCCCCCC/C=C\CCCCCCCC. The lowest BCUT2D eigenvalue weighted by Crippen LogP contribution is -2.30. The Kier molecular flexibility index (Phi) is 58.8. The average molecular weight is 980 g/mol. The highest BCUT2D eigenvalue weighted by molar-refractivity contribution is 5.70. The van der Waals surface area contributed by atoms with Gasteiger partial charge in [0.1, 0.15) is 6.61 Å². The lowest BCUT2D eigenvalue weighted by molar-refractivity contribution is -0.163. The van der Waals surface area contributed by atoms with E-state index in [0.717, 1.165) is 57.8 Å². The lowest BCUT2D eigenvalue weighted by atomic mass is 10.0. The minimum atomic E-state index is -0.558. The van der Waals surface area contributed by atoms with E-state index in [2.05, 4.69) is 81.5 Å². The zero-order valence-electron chi connectivity index (χ0n) is 47.0. The highest BCUT2D eigenvalue weighted by Gasteiger charge is 2.17. The van der Waals surface area contributed by atoms with Crippen molar-refractivity contribution in [1.82, 2.24) is 0 Å². The fourth-order valence-corrected chi connectivity index (χ4v) is 8.91. The maximum atomic E-state index is 12.9. The summed E-state index contributed by atoms with van der Waals surface area (Å²) in [6, 6.07) is 0. The van der Waals surface area contributed by atoms with Crippen LogP contribution in [-0.2, 0) is 23.8 Å². The number of esters is 2. The van der Waals surface area contributed by atoms with Crippen molar-refractivity contribution < 1.29 is 23.8 Å². The molecule has 0 amide bonds. The summed E-state index contributed by atoms with van der Waals surface area (Å²) in [6.07, 6.45) is 78.3. The largest absolute Gasteiger partial charge is 0.462 e. The number of allylic oxidation sites excluding steroid dienone is 10. The molecule has 0 spiro atoms. The fourth-order valence-electron chi connectivity index (χ4n) is 8.91. The Balaban J connectivity index is 4.30. The second-order valence-electron chi connectivity index (χ2n) is 20.6. The minimum absolute atomic E-state index is 0.0597. The van der Waals surface area contributed by atoms with Crippen LogP contribution in [0, 0.1) is 0 Å². The molecule has 0 rings (SSSR count). The van der Waals surface area contributed by atoms with Gasteiger partial charge in [0.15, 0.2) is 6.10 Å². The first-order valence-electron chi connectivity index (χ1n) is 30.8. The van der Waals surface area contributed by atoms with E-state index in [1.54, 1.807) is 0 Å². The third-order valence-electron chi connectivity index (χ3n) is 13.5. The van der Waals surface area contributed by atoms with Crippen LogP contribution >= 0.6 is 0 Å². The monoisotopic (exact) mass is 979 g/mol. The lowest BCUT2D eigenvalue weighted by Gasteiger charge is -2.18. The summed E-state index contributed by atoms with van der Waals surface area (Å²) in [6.45, 7) is 7.80. The van der Waals surface area contributed by atoms with Crippen LogP contribution in [0.3, 0.4) is 0 Å². The van der Waals surface area contributed by atoms with Gasteiger partial charge in [0.05, 0.1) is 6.61 Å². The number of ether oxygens (including phenoxy) is 3. The number of rotatable bonds is 57. The number of hydrogen-bond acceptors (Lipinski definition) is 5. The van der Waals surface area contributed by atoms with E-state index in [9.17, 15) is 9.59 Å². The van der Waals surface area contributed by atoms with E-state index in [-0.39, 0.29) is 25.2 Å². The first-order valence-corrected chi connectivity index (χ1v) is 30.8. The van der Waals surface area contributed by atoms with Crippen LogP contribution in [0.2, 0.25) is 0 Å². The number of carbonyl (C=O) groups is 2. The predicted molar refractivity (Wildman–Crippen MR) is 307 cm³/mol. The van der Waals surface area contributed by atoms with Crippen LogP contribution in [0.25, 0.3) is 0 Å². The summed E-state index contributed by atoms with van der Waals surface area (Å²) in [5, 5.41) is 0. The summed E-state index contributed by atoms with van der Waals surface area (Å²) in [7, 11) is 0. The molecule has 0 N–H and O–H groups in total. The summed E-state index contributed by atoms with van der Waals surface area (Å²) >= 11 is 0. The average Bonchev–Trinajstić information content (AvgIpc) is 3.36. The van der Waals surface area contributed by atoms with E-state index in [1.165, 1.54) is 225 Å². The number of unbranched alkanes of at least 4 members (excludes halogenated alkanes) is 36. The van der Waals surface area contributed by atoms with Crippen molar-refractivity contribution in [2.45, 2.75) is 322 Å².